The van der Waals surface area contributed by atoms with Gasteiger partial charge in [-0.15, -0.1) is 11.3 Å². The number of thiophene rings is 1. The van der Waals surface area contributed by atoms with Crippen LogP contribution >= 0.6 is 11.3 Å². The van der Waals surface area contributed by atoms with Gasteiger partial charge < -0.3 is 15.1 Å². The highest BCUT2D eigenvalue weighted by atomic mass is 32.1. The molecule has 178 valence electrons. The van der Waals surface area contributed by atoms with Crippen LogP contribution in [0.5, 0.6) is 0 Å². The van der Waals surface area contributed by atoms with Crippen molar-refractivity contribution in [3.8, 4) is 0 Å². The van der Waals surface area contributed by atoms with Crippen LogP contribution in [0.4, 0.5) is 5.69 Å². The second-order valence-electron chi connectivity index (χ2n) is 8.35. The number of nitrogens with zero attached hydrogens (tertiary/aromatic N) is 1. The number of hydrogen-bond acceptors (Lipinski definition) is 5. The van der Waals surface area contributed by atoms with E-state index in [2.05, 4.69) is 17.6 Å². The monoisotopic (exact) mass is 479 g/mol. The Labute approximate surface area is 203 Å². The molecule has 0 aliphatic heterocycles. The normalized spacial score (nSPS) is 14.5. The van der Waals surface area contributed by atoms with E-state index in [0.717, 1.165) is 42.5 Å². The van der Waals surface area contributed by atoms with Crippen LogP contribution in [0, 0.1) is 0 Å². The molecule has 1 fully saturated rings. The van der Waals surface area contributed by atoms with E-state index in [1.807, 2.05) is 41.8 Å². The van der Waals surface area contributed by atoms with Crippen LogP contribution in [-0.4, -0.2) is 30.3 Å². The molecule has 0 spiro atoms. The van der Waals surface area contributed by atoms with Gasteiger partial charge in [0.05, 0.1) is 12.8 Å². The Morgan fingerprint density at radius 1 is 1.09 bits per heavy atom. The van der Waals surface area contributed by atoms with Crippen LogP contribution in [0.15, 0.2) is 64.6 Å². The van der Waals surface area contributed by atoms with Crippen molar-refractivity contribution in [2.45, 2.75) is 51.1 Å². The van der Waals surface area contributed by atoms with Crippen molar-refractivity contribution < 1.29 is 18.8 Å². The van der Waals surface area contributed by atoms with Crippen LogP contribution in [0.1, 0.15) is 59.6 Å². The van der Waals surface area contributed by atoms with Crippen LogP contribution in [0.3, 0.4) is 0 Å². The minimum Gasteiger partial charge on any atom is -0.459 e. The fourth-order valence-electron chi connectivity index (χ4n) is 4.24. The number of hydrogen-bond donors (Lipinski definition) is 2. The average Bonchev–Trinajstić information content (AvgIpc) is 3.64. The summed E-state index contributed by atoms with van der Waals surface area (Å²) in [6.07, 6.45) is 6.34. The van der Waals surface area contributed by atoms with Crippen molar-refractivity contribution in [1.82, 2.24) is 10.6 Å². The largest absolute Gasteiger partial charge is 0.459 e. The molecule has 34 heavy (non-hydrogen) atoms. The van der Waals surface area contributed by atoms with Crippen LogP contribution in [0.25, 0.3) is 0 Å². The number of amides is 3. The van der Waals surface area contributed by atoms with Crippen LogP contribution < -0.4 is 15.5 Å². The molecular weight excluding hydrogens is 450 g/mol. The lowest BCUT2D eigenvalue weighted by molar-refractivity contribution is -0.126. The zero-order valence-electron chi connectivity index (χ0n) is 19.2. The number of rotatable bonds is 9. The molecule has 0 saturated heterocycles. The molecule has 2 N–H and O–H groups in total. The molecule has 1 unspecified atom stereocenters. The minimum absolute atomic E-state index is 0.119. The number of nitrogens with one attached hydrogen (secondary N) is 2. The van der Waals surface area contributed by atoms with Gasteiger partial charge in [-0.25, -0.2) is 0 Å². The highest BCUT2D eigenvalue weighted by molar-refractivity contribution is 7.10. The first-order valence-electron chi connectivity index (χ1n) is 11.6. The highest BCUT2D eigenvalue weighted by Gasteiger charge is 2.35. The molecule has 1 atom stereocenters. The maximum absolute atomic E-state index is 13.6. The van der Waals surface area contributed by atoms with Gasteiger partial charge in [0.25, 0.3) is 5.91 Å². The zero-order valence-corrected chi connectivity index (χ0v) is 20.0. The van der Waals surface area contributed by atoms with E-state index in [4.69, 9.17) is 4.42 Å². The first kappa shape index (κ1) is 23.8. The standard InChI is InChI=1S/C26H29N3O4S/c1-2-18-11-13-20(14-12-18)29(23(30)17-27-25(31)21-9-5-15-33-21)24(22-10-6-16-34-22)26(32)28-19-7-3-4-8-19/h5-6,9-16,19,24H,2-4,7-8,17H2,1H3,(H,27,31)(H,28,32). The summed E-state index contributed by atoms with van der Waals surface area (Å²) in [5.41, 5.74) is 1.74. The first-order chi connectivity index (χ1) is 16.6. The van der Waals surface area contributed by atoms with E-state index in [9.17, 15) is 14.4 Å². The van der Waals surface area contributed by atoms with Gasteiger partial charge in [-0.3, -0.25) is 19.3 Å². The minimum atomic E-state index is -0.832. The third kappa shape index (κ3) is 5.56. The molecule has 3 amide bonds. The van der Waals surface area contributed by atoms with Gasteiger partial charge in [0.1, 0.15) is 6.04 Å². The summed E-state index contributed by atoms with van der Waals surface area (Å²) in [6.45, 7) is 1.79. The summed E-state index contributed by atoms with van der Waals surface area (Å²) in [5, 5.41) is 7.67. The van der Waals surface area contributed by atoms with Gasteiger partial charge in [-0.05, 0) is 60.5 Å². The molecule has 7 nitrogen and oxygen atoms in total. The molecule has 1 aromatic carbocycles. The predicted octanol–water partition coefficient (Wildman–Crippen LogP) is 4.47. The average molecular weight is 480 g/mol. The van der Waals surface area contributed by atoms with Gasteiger partial charge in [-0.2, -0.15) is 0 Å². The van der Waals surface area contributed by atoms with E-state index < -0.39 is 11.9 Å². The molecular formula is C26H29N3O4S. The van der Waals surface area contributed by atoms with Gasteiger partial charge in [0, 0.05) is 16.6 Å². The fraction of sp³-hybridized carbons (Fsp3) is 0.346. The van der Waals surface area contributed by atoms with Crippen molar-refractivity contribution in [2.24, 2.45) is 0 Å². The predicted molar refractivity (Wildman–Crippen MR) is 132 cm³/mol. The number of furan rings is 1. The van der Waals surface area contributed by atoms with Crippen LogP contribution in [0.2, 0.25) is 0 Å². The smallest absolute Gasteiger partial charge is 0.287 e. The Morgan fingerprint density at radius 2 is 1.85 bits per heavy atom. The molecule has 1 aliphatic carbocycles. The summed E-state index contributed by atoms with van der Waals surface area (Å²) >= 11 is 1.43. The molecule has 8 heteroatoms. The van der Waals surface area contributed by atoms with Crippen LogP contribution in [-0.2, 0) is 16.0 Å². The number of carbonyl (C=O) groups is 3. The lowest BCUT2D eigenvalue weighted by atomic mass is 10.1. The second-order valence-corrected chi connectivity index (χ2v) is 9.33. The molecule has 0 bridgehead atoms. The van der Waals surface area contributed by atoms with Crippen molar-refractivity contribution >= 4 is 34.7 Å². The number of anilines is 1. The molecule has 0 radical (unpaired) electrons. The zero-order chi connectivity index (χ0) is 23.9. The summed E-state index contributed by atoms with van der Waals surface area (Å²) in [5.74, 6) is -0.952. The third-order valence-electron chi connectivity index (χ3n) is 6.06. The summed E-state index contributed by atoms with van der Waals surface area (Å²) in [6, 6.07) is 13.8. The summed E-state index contributed by atoms with van der Waals surface area (Å²) < 4.78 is 5.12. The van der Waals surface area contributed by atoms with Gasteiger partial charge in [0.2, 0.25) is 11.8 Å². The molecule has 3 aromatic rings. The topological polar surface area (TPSA) is 91.7 Å². The van der Waals surface area contributed by atoms with Gasteiger partial charge in [-0.1, -0.05) is 38.0 Å². The van der Waals surface area contributed by atoms with Crippen molar-refractivity contribution in [2.75, 3.05) is 11.4 Å². The quantitative estimate of drug-likeness (QED) is 0.474. The Bertz CT molecular complexity index is 1090. The number of benzene rings is 1. The maximum Gasteiger partial charge on any atom is 0.287 e. The Morgan fingerprint density at radius 3 is 2.47 bits per heavy atom. The van der Waals surface area contributed by atoms with Gasteiger partial charge in [0.15, 0.2) is 5.76 Å². The van der Waals surface area contributed by atoms with Crippen molar-refractivity contribution in [3.05, 3.63) is 76.4 Å². The van der Waals surface area contributed by atoms with Crippen molar-refractivity contribution in [3.63, 3.8) is 0 Å². The SMILES string of the molecule is CCc1ccc(N(C(=O)CNC(=O)c2ccco2)C(C(=O)NC2CCCC2)c2cccs2)cc1. The van der Waals surface area contributed by atoms with Crippen molar-refractivity contribution in [1.29, 1.82) is 0 Å². The van der Waals surface area contributed by atoms with E-state index in [0.29, 0.717) is 5.69 Å². The lowest BCUT2D eigenvalue weighted by Gasteiger charge is -2.31. The van der Waals surface area contributed by atoms with E-state index >= 15 is 0 Å². The number of aryl methyl sites for hydroxylation is 1. The molecule has 4 rings (SSSR count). The molecule has 2 aromatic heterocycles. The lowest BCUT2D eigenvalue weighted by Crippen LogP contribution is -2.49. The molecule has 2 heterocycles. The van der Waals surface area contributed by atoms with E-state index in [1.165, 1.54) is 28.6 Å². The maximum atomic E-state index is 13.6. The summed E-state index contributed by atoms with van der Waals surface area (Å²) in [7, 11) is 0. The fourth-order valence-corrected chi connectivity index (χ4v) is 5.05. The Hall–Kier alpha value is -3.39. The molecule has 1 aliphatic rings. The second kappa shape index (κ2) is 11.2. The molecule has 1 saturated carbocycles. The first-order valence-corrected chi connectivity index (χ1v) is 12.5. The van der Waals surface area contributed by atoms with Gasteiger partial charge >= 0.3 is 0 Å². The summed E-state index contributed by atoms with van der Waals surface area (Å²) in [4.78, 5) is 41.7. The highest BCUT2D eigenvalue weighted by Crippen LogP contribution is 2.32. The Balaban J connectivity index is 1.63. The van der Waals surface area contributed by atoms with E-state index in [1.54, 1.807) is 6.07 Å². The third-order valence-corrected chi connectivity index (χ3v) is 6.98. The van der Waals surface area contributed by atoms with E-state index in [-0.39, 0.29) is 30.2 Å². The Kier molecular flexibility index (Phi) is 7.80. The number of carbonyl (C=O) groups excluding carboxylic acids is 3.